The molecule has 4 rings (SSSR count). The lowest BCUT2D eigenvalue weighted by atomic mass is 9.95. The second kappa shape index (κ2) is 14.4. The number of hydrogen-bond acceptors (Lipinski definition) is 3. The smallest absolute Gasteiger partial charge is 0.227 e. The van der Waals surface area contributed by atoms with Crippen LogP contribution in [0.4, 0.5) is 0 Å². The van der Waals surface area contributed by atoms with E-state index in [9.17, 15) is 4.79 Å². The summed E-state index contributed by atoms with van der Waals surface area (Å²) in [7, 11) is 0. The summed E-state index contributed by atoms with van der Waals surface area (Å²) in [5, 5.41) is 10.3. The molecule has 0 atom stereocenters. The summed E-state index contributed by atoms with van der Waals surface area (Å²) in [6.45, 7) is 5.69. The molecule has 188 valence electrons. The third kappa shape index (κ3) is 8.22. The summed E-state index contributed by atoms with van der Waals surface area (Å²) in [5.41, 5.74) is 2.29. The monoisotopic (exact) mass is 513 g/mol. The molecule has 0 aliphatic carbocycles. The number of likely N-dealkylation sites (tertiary alicyclic amines) is 1. The van der Waals surface area contributed by atoms with Crippen molar-refractivity contribution in [1.82, 2.24) is 15.5 Å². The summed E-state index contributed by atoms with van der Waals surface area (Å²) in [6.07, 6.45) is 4.99. The van der Waals surface area contributed by atoms with E-state index >= 15 is 0 Å². The Kier molecular flexibility index (Phi) is 11.3. The van der Waals surface area contributed by atoms with Gasteiger partial charge in [0, 0.05) is 24.7 Å². The van der Waals surface area contributed by atoms with E-state index in [1.54, 1.807) is 0 Å². The minimum Gasteiger partial charge on any atom is -0.342 e. The maximum absolute atomic E-state index is 12.9. The Labute approximate surface area is 220 Å². The fourth-order valence-corrected chi connectivity index (χ4v) is 4.98. The van der Waals surface area contributed by atoms with Crippen LogP contribution in [-0.4, -0.2) is 43.5 Å². The number of hydrogen-bond donors (Lipinski definition) is 2. The van der Waals surface area contributed by atoms with E-state index in [4.69, 9.17) is 11.6 Å². The topological polar surface area (TPSA) is 44.4 Å². The third-order valence-electron chi connectivity index (χ3n) is 6.85. The highest BCUT2D eigenvalue weighted by Crippen LogP contribution is 2.22. The molecule has 35 heavy (non-hydrogen) atoms. The van der Waals surface area contributed by atoms with E-state index in [-0.39, 0.29) is 18.3 Å². The van der Waals surface area contributed by atoms with Crippen molar-refractivity contribution in [2.45, 2.75) is 38.6 Å². The highest BCUT2D eigenvalue weighted by atomic mass is 35.5. The zero-order chi connectivity index (χ0) is 23.6. The molecule has 0 aromatic heterocycles. The first-order chi connectivity index (χ1) is 16.7. The van der Waals surface area contributed by atoms with Crippen LogP contribution in [0.2, 0.25) is 5.02 Å². The van der Waals surface area contributed by atoms with Crippen LogP contribution >= 0.6 is 24.0 Å². The van der Waals surface area contributed by atoms with Crippen molar-refractivity contribution in [2.75, 3.05) is 32.7 Å². The van der Waals surface area contributed by atoms with Gasteiger partial charge in [-0.3, -0.25) is 4.79 Å². The lowest BCUT2D eigenvalue weighted by molar-refractivity contribution is -0.131. The molecule has 1 heterocycles. The number of amides is 1. The quantitative estimate of drug-likeness (QED) is 0.315. The Bertz CT molecular complexity index is 1060. The average Bonchev–Trinajstić information content (AvgIpc) is 2.87. The van der Waals surface area contributed by atoms with Crippen LogP contribution in [-0.2, 0) is 17.8 Å². The minimum atomic E-state index is 0. The largest absolute Gasteiger partial charge is 0.342 e. The Morgan fingerprint density at radius 1 is 0.857 bits per heavy atom. The molecular weight excluding hydrogens is 477 g/mol. The maximum atomic E-state index is 12.9. The summed E-state index contributed by atoms with van der Waals surface area (Å²) >= 11 is 6.19. The van der Waals surface area contributed by atoms with Crippen molar-refractivity contribution in [3.8, 4) is 0 Å². The average molecular weight is 515 g/mol. The van der Waals surface area contributed by atoms with Gasteiger partial charge in [0.1, 0.15) is 0 Å². The van der Waals surface area contributed by atoms with Crippen molar-refractivity contribution in [3.63, 3.8) is 0 Å². The van der Waals surface area contributed by atoms with Gasteiger partial charge in [0.05, 0.1) is 6.42 Å². The van der Waals surface area contributed by atoms with Crippen LogP contribution in [0.3, 0.4) is 0 Å². The van der Waals surface area contributed by atoms with Crippen LogP contribution in [0.5, 0.6) is 0 Å². The normalized spacial score (nSPS) is 14.1. The molecule has 6 heteroatoms. The molecule has 0 spiro atoms. The van der Waals surface area contributed by atoms with Gasteiger partial charge in [-0.05, 0) is 79.2 Å². The third-order valence-corrected chi connectivity index (χ3v) is 7.22. The van der Waals surface area contributed by atoms with E-state index in [0.29, 0.717) is 12.3 Å². The lowest BCUT2D eigenvalue weighted by Crippen LogP contribution is -2.41. The van der Waals surface area contributed by atoms with Crippen molar-refractivity contribution in [2.24, 2.45) is 5.92 Å². The highest BCUT2D eigenvalue weighted by molar-refractivity contribution is 6.31. The first-order valence-corrected chi connectivity index (χ1v) is 13.0. The van der Waals surface area contributed by atoms with Gasteiger partial charge in [0.25, 0.3) is 0 Å². The molecule has 2 N–H and O–H groups in total. The van der Waals surface area contributed by atoms with Crippen LogP contribution in [0.15, 0.2) is 66.7 Å². The maximum Gasteiger partial charge on any atom is 0.227 e. The fourth-order valence-electron chi connectivity index (χ4n) is 4.78. The fraction of sp³-hybridized carbons (Fsp3) is 0.414. The van der Waals surface area contributed by atoms with Gasteiger partial charge in [-0.2, -0.15) is 0 Å². The Morgan fingerprint density at radius 3 is 2.31 bits per heavy atom. The number of rotatable bonds is 11. The second-order valence-corrected chi connectivity index (χ2v) is 9.73. The van der Waals surface area contributed by atoms with Gasteiger partial charge in [0.15, 0.2) is 0 Å². The Morgan fingerprint density at radius 2 is 1.51 bits per heavy atom. The highest BCUT2D eigenvalue weighted by Gasteiger charge is 2.22. The van der Waals surface area contributed by atoms with E-state index in [1.165, 1.54) is 10.8 Å². The summed E-state index contributed by atoms with van der Waals surface area (Å²) in [5.74, 6) is 0.923. The molecular formula is C29H37Cl2N3O. The molecule has 1 aliphatic rings. The number of nitrogens with zero attached hydrogens (tertiary/aromatic N) is 1. The Balaban J connectivity index is 0.00000342. The predicted molar refractivity (Wildman–Crippen MR) is 149 cm³/mol. The van der Waals surface area contributed by atoms with E-state index in [2.05, 4.69) is 51.9 Å². The van der Waals surface area contributed by atoms with Gasteiger partial charge in [0.2, 0.25) is 5.91 Å². The number of benzene rings is 3. The Hall–Kier alpha value is -2.11. The first-order valence-electron chi connectivity index (χ1n) is 12.6. The zero-order valence-electron chi connectivity index (χ0n) is 20.3. The zero-order valence-corrected chi connectivity index (χ0v) is 21.9. The van der Waals surface area contributed by atoms with Gasteiger partial charge < -0.3 is 15.5 Å². The number of carbonyl (C=O) groups is 1. The van der Waals surface area contributed by atoms with Gasteiger partial charge in [-0.25, -0.2) is 0 Å². The van der Waals surface area contributed by atoms with Gasteiger partial charge in [-0.1, -0.05) is 72.3 Å². The number of halogens is 2. The molecule has 4 nitrogen and oxygen atoms in total. The van der Waals surface area contributed by atoms with Gasteiger partial charge in [-0.15, -0.1) is 12.4 Å². The summed E-state index contributed by atoms with van der Waals surface area (Å²) in [6, 6.07) is 22.6. The molecule has 0 radical (unpaired) electrons. The predicted octanol–water partition coefficient (Wildman–Crippen LogP) is 5.86. The van der Waals surface area contributed by atoms with Crippen molar-refractivity contribution in [1.29, 1.82) is 0 Å². The lowest BCUT2D eigenvalue weighted by Gasteiger charge is -2.32. The standard InChI is InChI=1S/C29H36ClN3O.ClH/c30-28-13-4-2-9-26(28)22-32-17-6-5-16-31-21-23-14-18-33(19-15-23)29(34)20-25-11-7-10-24-8-1-3-12-27(24)25;/h1-4,7-13,23,31-32H,5-6,14-22H2;1H. The number of unbranched alkanes of at least 4 members (excludes halogenated alkanes) is 1. The molecule has 1 amide bonds. The molecule has 0 bridgehead atoms. The second-order valence-electron chi connectivity index (χ2n) is 9.32. The van der Waals surface area contributed by atoms with Crippen LogP contribution in [0.25, 0.3) is 10.8 Å². The van der Waals surface area contributed by atoms with Crippen LogP contribution < -0.4 is 10.6 Å². The van der Waals surface area contributed by atoms with E-state index < -0.39 is 0 Å². The van der Waals surface area contributed by atoms with Crippen molar-refractivity contribution >= 4 is 40.7 Å². The summed E-state index contributed by atoms with van der Waals surface area (Å²) in [4.78, 5) is 15.0. The van der Waals surface area contributed by atoms with E-state index in [0.717, 1.165) is 81.1 Å². The van der Waals surface area contributed by atoms with Crippen LogP contribution in [0, 0.1) is 5.92 Å². The minimum absolute atomic E-state index is 0. The number of carbonyl (C=O) groups excluding carboxylic acids is 1. The summed E-state index contributed by atoms with van der Waals surface area (Å²) < 4.78 is 0. The number of nitrogens with one attached hydrogen (secondary N) is 2. The molecule has 3 aromatic rings. The van der Waals surface area contributed by atoms with Gasteiger partial charge >= 0.3 is 0 Å². The number of piperidine rings is 1. The molecule has 1 fully saturated rings. The van der Waals surface area contributed by atoms with Crippen LogP contribution in [0.1, 0.15) is 36.8 Å². The SMILES string of the molecule is Cl.O=C(Cc1cccc2ccccc12)N1CCC(CNCCCCNCc2ccccc2Cl)CC1. The molecule has 1 aliphatic heterocycles. The van der Waals surface area contributed by atoms with Crippen molar-refractivity contribution in [3.05, 3.63) is 82.9 Å². The van der Waals surface area contributed by atoms with E-state index in [1.807, 2.05) is 30.3 Å². The molecule has 0 saturated carbocycles. The van der Waals surface area contributed by atoms with Crippen molar-refractivity contribution < 1.29 is 4.79 Å². The first kappa shape index (κ1) is 27.5. The number of fused-ring (bicyclic) bond motifs is 1. The molecule has 0 unspecified atom stereocenters. The molecule has 3 aromatic carbocycles. The molecule has 1 saturated heterocycles.